The number of nitrogens with one attached hydrogen (secondary N) is 2. The lowest BCUT2D eigenvalue weighted by Gasteiger charge is -2.18. The van der Waals surface area contributed by atoms with E-state index in [0.717, 1.165) is 23.4 Å². The molecule has 148 valence electrons. The van der Waals surface area contributed by atoms with Crippen LogP contribution in [0.15, 0.2) is 48.5 Å². The first-order valence-corrected chi connectivity index (χ1v) is 9.21. The van der Waals surface area contributed by atoms with Gasteiger partial charge in [-0.15, -0.1) is 0 Å². The second-order valence-corrected chi connectivity index (χ2v) is 6.61. The molecule has 0 aromatic heterocycles. The molecule has 1 atom stereocenters. The van der Waals surface area contributed by atoms with E-state index in [0.29, 0.717) is 18.8 Å². The molecule has 7 nitrogen and oxygen atoms in total. The van der Waals surface area contributed by atoms with Crippen LogP contribution >= 0.6 is 0 Å². The molecule has 1 aliphatic rings. The number of carbonyl (C=O) groups excluding carboxylic acids is 2. The minimum Gasteiger partial charge on any atom is -0.497 e. The molecule has 2 aromatic rings. The van der Waals surface area contributed by atoms with Gasteiger partial charge in [0.2, 0.25) is 5.91 Å². The number of ether oxygens (including phenoxy) is 2. The molecule has 0 bridgehead atoms. The number of methoxy groups -OCH3 is 2. The zero-order valence-electron chi connectivity index (χ0n) is 16.1. The number of hydrogen-bond donors (Lipinski definition) is 2. The van der Waals surface area contributed by atoms with Crippen LogP contribution in [0.2, 0.25) is 0 Å². The summed E-state index contributed by atoms with van der Waals surface area (Å²) in [6.07, 6.45) is 1.00. The summed E-state index contributed by atoms with van der Waals surface area (Å²) in [6.45, 7) is 0.955. The van der Waals surface area contributed by atoms with E-state index in [1.54, 1.807) is 19.1 Å². The third-order valence-corrected chi connectivity index (χ3v) is 4.68. The summed E-state index contributed by atoms with van der Waals surface area (Å²) in [6, 6.07) is 14.6. The molecule has 0 spiro atoms. The van der Waals surface area contributed by atoms with Crippen LogP contribution in [-0.2, 0) is 11.2 Å². The standard InChI is InChI=1S/C21H25N3O4/c1-27-18-8-6-15(7-9-18)10-11-22-21(26)23-16-12-20(25)24(14-16)17-4-3-5-19(13-17)28-2/h3-9,13,16H,10-12,14H2,1-2H3,(H2,22,23,26). The fourth-order valence-electron chi connectivity index (χ4n) is 3.18. The fourth-order valence-corrected chi connectivity index (χ4v) is 3.18. The SMILES string of the molecule is COc1ccc(CCNC(=O)NC2CC(=O)N(c3cccc(OC)c3)C2)cc1. The molecule has 0 aliphatic carbocycles. The number of amides is 3. The summed E-state index contributed by atoms with van der Waals surface area (Å²) in [5, 5.41) is 5.72. The Labute approximate surface area is 164 Å². The maximum atomic E-state index is 12.3. The molecule has 1 fully saturated rings. The van der Waals surface area contributed by atoms with Crippen molar-refractivity contribution in [2.75, 3.05) is 32.2 Å². The van der Waals surface area contributed by atoms with Crippen molar-refractivity contribution in [1.29, 1.82) is 0 Å². The first kappa shape index (κ1) is 19.5. The number of anilines is 1. The fraction of sp³-hybridized carbons (Fsp3) is 0.333. The van der Waals surface area contributed by atoms with Crippen LogP contribution in [0.3, 0.4) is 0 Å². The second-order valence-electron chi connectivity index (χ2n) is 6.61. The summed E-state index contributed by atoms with van der Waals surface area (Å²) in [4.78, 5) is 26.1. The van der Waals surface area contributed by atoms with Gasteiger partial charge in [-0.25, -0.2) is 4.79 Å². The lowest BCUT2D eigenvalue weighted by Crippen LogP contribution is -2.43. The van der Waals surface area contributed by atoms with E-state index in [1.165, 1.54) is 0 Å². The van der Waals surface area contributed by atoms with Gasteiger partial charge in [0, 0.05) is 31.3 Å². The maximum Gasteiger partial charge on any atom is 0.315 e. The normalized spacial score (nSPS) is 16.0. The molecule has 2 aromatic carbocycles. The van der Waals surface area contributed by atoms with Gasteiger partial charge in [-0.1, -0.05) is 18.2 Å². The second kappa shape index (κ2) is 9.12. The van der Waals surface area contributed by atoms with Gasteiger partial charge >= 0.3 is 6.03 Å². The van der Waals surface area contributed by atoms with Crippen LogP contribution in [0.4, 0.5) is 10.5 Å². The lowest BCUT2D eigenvalue weighted by molar-refractivity contribution is -0.117. The molecule has 1 saturated heterocycles. The van der Waals surface area contributed by atoms with Crippen LogP contribution in [0, 0.1) is 0 Å². The van der Waals surface area contributed by atoms with Gasteiger partial charge in [-0.05, 0) is 36.2 Å². The highest BCUT2D eigenvalue weighted by Crippen LogP contribution is 2.25. The Balaban J connectivity index is 1.46. The van der Waals surface area contributed by atoms with Gasteiger partial charge in [0.25, 0.3) is 0 Å². The summed E-state index contributed by atoms with van der Waals surface area (Å²) < 4.78 is 10.3. The minimum atomic E-state index is -0.265. The Morgan fingerprint density at radius 1 is 1.11 bits per heavy atom. The molecule has 7 heteroatoms. The van der Waals surface area contributed by atoms with Crippen molar-refractivity contribution < 1.29 is 19.1 Å². The van der Waals surface area contributed by atoms with Gasteiger partial charge in [0.1, 0.15) is 11.5 Å². The monoisotopic (exact) mass is 383 g/mol. The molecular weight excluding hydrogens is 358 g/mol. The number of urea groups is 1. The highest BCUT2D eigenvalue weighted by atomic mass is 16.5. The van der Waals surface area contributed by atoms with E-state index in [1.807, 2.05) is 48.5 Å². The Kier molecular flexibility index (Phi) is 6.37. The van der Waals surface area contributed by atoms with Crippen molar-refractivity contribution in [1.82, 2.24) is 10.6 Å². The van der Waals surface area contributed by atoms with E-state index in [4.69, 9.17) is 9.47 Å². The number of rotatable bonds is 7. The summed E-state index contributed by atoms with van der Waals surface area (Å²) in [5.41, 5.74) is 1.88. The van der Waals surface area contributed by atoms with Crippen molar-refractivity contribution in [3.05, 3.63) is 54.1 Å². The molecule has 28 heavy (non-hydrogen) atoms. The Hall–Kier alpha value is -3.22. The van der Waals surface area contributed by atoms with Crippen molar-refractivity contribution in [2.45, 2.75) is 18.9 Å². The molecule has 0 saturated carbocycles. The molecular formula is C21H25N3O4. The van der Waals surface area contributed by atoms with Crippen LogP contribution in [0.5, 0.6) is 11.5 Å². The Morgan fingerprint density at radius 3 is 2.57 bits per heavy atom. The molecule has 1 heterocycles. The van der Waals surface area contributed by atoms with Crippen molar-refractivity contribution in [2.24, 2.45) is 0 Å². The van der Waals surface area contributed by atoms with Crippen LogP contribution < -0.4 is 25.0 Å². The number of nitrogens with zero attached hydrogens (tertiary/aromatic N) is 1. The first-order valence-electron chi connectivity index (χ1n) is 9.21. The summed E-state index contributed by atoms with van der Waals surface area (Å²) in [5.74, 6) is 1.48. The number of hydrogen-bond acceptors (Lipinski definition) is 4. The predicted octanol–water partition coefficient (Wildman–Crippen LogP) is 2.35. The van der Waals surface area contributed by atoms with E-state index >= 15 is 0 Å². The molecule has 0 radical (unpaired) electrons. The molecule has 3 amide bonds. The van der Waals surface area contributed by atoms with Gasteiger partial charge < -0.3 is 25.0 Å². The van der Waals surface area contributed by atoms with E-state index in [-0.39, 0.29) is 24.4 Å². The van der Waals surface area contributed by atoms with Gasteiger partial charge in [0.15, 0.2) is 0 Å². The van der Waals surface area contributed by atoms with Gasteiger partial charge in [0.05, 0.1) is 20.3 Å². The lowest BCUT2D eigenvalue weighted by atomic mass is 10.1. The average molecular weight is 383 g/mol. The van der Waals surface area contributed by atoms with Crippen molar-refractivity contribution in [3.8, 4) is 11.5 Å². The van der Waals surface area contributed by atoms with Crippen molar-refractivity contribution in [3.63, 3.8) is 0 Å². The molecule has 1 aliphatic heterocycles. The van der Waals surface area contributed by atoms with Crippen LogP contribution in [0.25, 0.3) is 0 Å². The van der Waals surface area contributed by atoms with Crippen molar-refractivity contribution >= 4 is 17.6 Å². The zero-order valence-corrected chi connectivity index (χ0v) is 16.1. The highest BCUT2D eigenvalue weighted by Gasteiger charge is 2.31. The van der Waals surface area contributed by atoms with E-state index in [2.05, 4.69) is 10.6 Å². The molecule has 2 N–H and O–H groups in total. The smallest absolute Gasteiger partial charge is 0.315 e. The Morgan fingerprint density at radius 2 is 1.86 bits per heavy atom. The minimum absolute atomic E-state index is 0.0169. The Bertz CT molecular complexity index is 823. The third kappa shape index (κ3) is 4.94. The third-order valence-electron chi connectivity index (χ3n) is 4.68. The van der Waals surface area contributed by atoms with E-state index < -0.39 is 0 Å². The zero-order chi connectivity index (χ0) is 19.9. The average Bonchev–Trinajstić information content (AvgIpc) is 3.08. The topological polar surface area (TPSA) is 79.9 Å². The van der Waals surface area contributed by atoms with E-state index in [9.17, 15) is 9.59 Å². The molecule has 1 unspecified atom stereocenters. The maximum absolute atomic E-state index is 12.3. The van der Waals surface area contributed by atoms with Gasteiger partial charge in [-0.2, -0.15) is 0 Å². The highest BCUT2D eigenvalue weighted by molar-refractivity contribution is 5.97. The number of carbonyl (C=O) groups is 2. The first-order chi connectivity index (χ1) is 13.6. The van der Waals surface area contributed by atoms with Gasteiger partial charge in [-0.3, -0.25) is 4.79 Å². The summed E-state index contributed by atoms with van der Waals surface area (Å²) in [7, 11) is 3.22. The molecule has 3 rings (SSSR count). The predicted molar refractivity (Wildman–Crippen MR) is 107 cm³/mol. The van der Waals surface area contributed by atoms with Crippen LogP contribution in [0.1, 0.15) is 12.0 Å². The van der Waals surface area contributed by atoms with Crippen LogP contribution in [-0.4, -0.2) is 45.3 Å². The quantitative estimate of drug-likeness (QED) is 0.769. The largest absolute Gasteiger partial charge is 0.497 e. The number of benzene rings is 2. The summed E-state index contributed by atoms with van der Waals surface area (Å²) >= 11 is 0.